The number of para-hydroxylation sites is 2. The monoisotopic (exact) mass is 399 g/mol. The molecule has 0 aliphatic heterocycles. The number of benzene rings is 3. The molecule has 0 saturated carbocycles. The number of rotatable bonds is 6. The molecular weight excluding hydrogens is 374 g/mol. The van der Waals surface area contributed by atoms with Gasteiger partial charge >= 0.3 is 0 Å². The summed E-state index contributed by atoms with van der Waals surface area (Å²) in [4.78, 5) is 17.6. The Labute approximate surface area is 176 Å². The molecule has 5 heteroatoms. The van der Waals surface area contributed by atoms with Crippen molar-refractivity contribution in [2.75, 3.05) is 7.11 Å². The Morgan fingerprint density at radius 3 is 2.57 bits per heavy atom. The van der Waals surface area contributed by atoms with Crippen LogP contribution in [0.15, 0.2) is 72.8 Å². The molecule has 5 nitrogen and oxygen atoms in total. The predicted octanol–water partition coefficient (Wildman–Crippen LogP) is 4.89. The first-order chi connectivity index (χ1) is 14.5. The molecule has 4 rings (SSSR count). The lowest BCUT2D eigenvalue weighted by molar-refractivity contribution is 0.0937. The Hall–Kier alpha value is -3.60. The summed E-state index contributed by atoms with van der Waals surface area (Å²) in [5, 5.41) is 3.10. The number of hydrogen-bond acceptors (Lipinski definition) is 3. The van der Waals surface area contributed by atoms with Gasteiger partial charge in [0.05, 0.1) is 24.2 Å². The highest BCUT2D eigenvalue weighted by Gasteiger charge is 2.19. The van der Waals surface area contributed by atoms with Gasteiger partial charge in [-0.05, 0) is 55.8 Å². The highest BCUT2D eigenvalue weighted by Crippen LogP contribution is 2.23. The quantitative estimate of drug-likeness (QED) is 0.502. The number of nitrogens with one attached hydrogen (secondary N) is 1. The SMILES string of the molecule is COc1ccc(Cn2c(C(C)NC(=O)c3cccc(C)c3)nc3ccccc32)cc1. The van der Waals surface area contributed by atoms with Crippen molar-refractivity contribution in [3.63, 3.8) is 0 Å². The molecule has 4 aromatic rings. The fourth-order valence-electron chi connectivity index (χ4n) is 3.64. The Bertz CT molecular complexity index is 1180. The summed E-state index contributed by atoms with van der Waals surface area (Å²) in [6.45, 7) is 4.61. The van der Waals surface area contributed by atoms with Crippen LogP contribution in [-0.2, 0) is 6.54 Å². The number of aromatic nitrogens is 2. The Morgan fingerprint density at radius 1 is 1.07 bits per heavy atom. The molecule has 0 saturated heterocycles. The molecule has 0 radical (unpaired) electrons. The topological polar surface area (TPSA) is 56.1 Å². The first-order valence-electron chi connectivity index (χ1n) is 10.0. The second kappa shape index (κ2) is 8.41. The van der Waals surface area contributed by atoms with E-state index < -0.39 is 0 Å². The molecule has 0 spiro atoms. The molecular formula is C25H25N3O2. The first-order valence-corrected chi connectivity index (χ1v) is 10.0. The van der Waals surface area contributed by atoms with Gasteiger partial charge in [0.2, 0.25) is 0 Å². The number of carbonyl (C=O) groups excluding carboxylic acids is 1. The lowest BCUT2D eigenvalue weighted by atomic mass is 10.1. The Kier molecular flexibility index (Phi) is 5.53. The molecule has 1 N–H and O–H groups in total. The van der Waals surface area contributed by atoms with Crippen molar-refractivity contribution in [2.45, 2.75) is 26.4 Å². The summed E-state index contributed by atoms with van der Waals surface area (Å²) < 4.78 is 7.43. The van der Waals surface area contributed by atoms with E-state index in [2.05, 4.69) is 16.0 Å². The van der Waals surface area contributed by atoms with E-state index in [1.54, 1.807) is 7.11 Å². The second-order valence-corrected chi connectivity index (χ2v) is 7.46. The predicted molar refractivity (Wildman–Crippen MR) is 119 cm³/mol. The zero-order valence-corrected chi connectivity index (χ0v) is 17.4. The van der Waals surface area contributed by atoms with Crippen molar-refractivity contribution in [2.24, 2.45) is 0 Å². The van der Waals surface area contributed by atoms with Crippen LogP contribution in [0.1, 0.15) is 40.3 Å². The summed E-state index contributed by atoms with van der Waals surface area (Å²) in [7, 11) is 1.66. The minimum atomic E-state index is -0.247. The summed E-state index contributed by atoms with van der Waals surface area (Å²) >= 11 is 0. The van der Waals surface area contributed by atoms with E-state index >= 15 is 0 Å². The number of fused-ring (bicyclic) bond motifs is 1. The number of carbonyl (C=O) groups is 1. The average Bonchev–Trinajstić information content (AvgIpc) is 3.13. The molecule has 1 aromatic heterocycles. The zero-order valence-electron chi connectivity index (χ0n) is 17.4. The summed E-state index contributed by atoms with van der Waals surface area (Å²) in [5.74, 6) is 1.55. The molecule has 1 amide bonds. The van der Waals surface area contributed by atoms with Gasteiger partial charge in [-0.25, -0.2) is 4.98 Å². The maximum Gasteiger partial charge on any atom is 0.251 e. The number of hydrogen-bond donors (Lipinski definition) is 1. The van der Waals surface area contributed by atoms with Crippen LogP contribution in [0.25, 0.3) is 11.0 Å². The van der Waals surface area contributed by atoms with Crippen molar-refractivity contribution in [3.8, 4) is 5.75 Å². The Morgan fingerprint density at radius 2 is 1.83 bits per heavy atom. The molecule has 1 heterocycles. The van der Waals surface area contributed by atoms with Crippen LogP contribution < -0.4 is 10.1 Å². The smallest absolute Gasteiger partial charge is 0.251 e. The van der Waals surface area contributed by atoms with Crippen molar-refractivity contribution in [1.29, 1.82) is 0 Å². The van der Waals surface area contributed by atoms with E-state index in [0.717, 1.165) is 33.7 Å². The van der Waals surface area contributed by atoms with Crippen LogP contribution >= 0.6 is 0 Å². The van der Waals surface area contributed by atoms with Gasteiger partial charge in [-0.15, -0.1) is 0 Å². The molecule has 1 atom stereocenters. The van der Waals surface area contributed by atoms with Gasteiger partial charge in [0.1, 0.15) is 11.6 Å². The van der Waals surface area contributed by atoms with Gasteiger partial charge in [0.25, 0.3) is 5.91 Å². The van der Waals surface area contributed by atoms with Gasteiger partial charge in [-0.1, -0.05) is 42.0 Å². The number of aryl methyl sites for hydroxylation is 1. The number of methoxy groups -OCH3 is 1. The van der Waals surface area contributed by atoms with Crippen LogP contribution in [0.4, 0.5) is 0 Å². The molecule has 30 heavy (non-hydrogen) atoms. The van der Waals surface area contributed by atoms with Crippen LogP contribution in [0.3, 0.4) is 0 Å². The van der Waals surface area contributed by atoms with Crippen molar-refractivity contribution < 1.29 is 9.53 Å². The van der Waals surface area contributed by atoms with Crippen molar-refractivity contribution in [3.05, 3.63) is 95.3 Å². The lowest BCUT2D eigenvalue weighted by Crippen LogP contribution is -2.28. The standard InChI is InChI=1S/C25H25N3O2/c1-17-7-6-8-20(15-17)25(29)26-18(2)24-27-22-9-4-5-10-23(22)28(24)16-19-11-13-21(30-3)14-12-19/h4-15,18H,16H2,1-3H3,(H,26,29). The molecule has 3 aromatic carbocycles. The second-order valence-electron chi connectivity index (χ2n) is 7.46. The van der Waals surface area contributed by atoms with E-state index in [9.17, 15) is 4.79 Å². The van der Waals surface area contributed by atoms with Gasteiger partial charge in [0.15, 0.2) is 0 Å². The van der Waals surface area contributed by atoms with E-state index in [1.807, 2.05) is 80.6 Å². The fourth-order valence-corrected chi connectivity index (χ4v) is 3.64. The minimum Gasteiger partial charge on any atom is -0.497 e. The minimum absolute atomic E-state index is 0.103. The molecule has 152 valence electrons. The number of imidazole rings is 1. The van der Waals surface area contributed by atoms with Crippen molar-refractivity contribution in [1.82, 2.24) is 14.9 Å². The average molecular weight is 399 g/mol. The number of amides is 1. The molecule has 0 aliphatic rings. The summed E-state index contributed by atoms with van der Waals surface area (Å²) in [5.41, 5.74) is 4.80. The van der Waals surface area contributed by atoms with E-state index in [1.165, 1.54) is 0 Å². The first kappa shape index (κ1) is 19.7. The number of nitrogens with zero attached hydrogens (tertiary/aromatic N) is 2. The maximum atomic E-state index is 12.8. The Balaban J connectivity index is 1.65. The van der Waals surface area contributed by atoms with Crippen LogP contribution in [0.2, 0.25) is 0 Å². The normalized spacial score (nSPS) is 12.0. The lowest BCUT2D eigenvalue weighted by Gasteiger charge is -2.17. The number of ether oxygens (including phenoxy) is 1. The molecule has 0 fully saturated rings. The van der Waals surface area contributed by atoms with Crippen LogP contribution in [0, 0.1) is 6.92 Å². The van der Waals surface area contributed by atoms with Crippen LogP contribution in [0.5, 0.6) is 5.75 Å². The van der Waals surface area contributed by atoms with Crippen LogP contribution in [-0.4, -0.2) is 22.6 Å². The van der Waals surface area contributed by atoms with Gasteiger partial charge < -0.3 is 14.6 Å². The molecule has 0 bridgehead atoms. The maximum absolute atomic E-state index is 12.8. The third kappa shape index (κ3) is 4.06. The molecule has 1 unspecified atom stereocenters. The largest absolute Gasteiger partial charge is 0.497 e. The highest BCUT2D eigenvalue weighted by atomic mass is 16.5. The van der Waals surface area contributed by atoms with Gasteiger partial charge in [0, 0.05) is 12.1 Å². The summed E-state index contributed by atoms with van der Waals surface area (Å²) in [6, 6.07) is 23.4. The van der Waals surface area contributed by atoms with E-state index in [0.29, 0.717) is 12.1 Å². The molecule has 0 aliphatic carbocycles. The zero-order chi connectivity index (χ0) is 21.1. The van der Waals surface area contributed by atoms with Gasteiger partial charge in [-0.3, -0.25) is 4.79 Å². The van der Waals surface area contributed by atoms with E-state index in [4.69, 9.17) is 9.72 Å². The third-order valence-corrected chi connectivity index (χ3v) is 5.20. The van der Waals surface area contributed by atoms with Crippen molar-refractivity contribution >= 4 is 16.9 Å². The highest BCUT2D eigenvalue weighted by molar-refractivity contribution is 5.94. The van der Waals surface area contributed by atoms with E-state index in [-0.39, 0.29) is 11.9 Å². The summed E-state index contributed by atoms with van der Waals surface area (Å²) in [6.07, 6.45) is 0. The third-order valence-electron chi connectivity index (χ3n) is 5.20. The fraction of sp³-hybridized carbons (Fsp3) is 0.200. The van der Waals surface area contributed by atoms with Gasteiger partial charge in [-0.2, -0.15) is 0 Å².